The van der Waals surface area contributed by atoms with Crippen molar-refractivity contribution in [2.24, 2.45) is 0 Å². The number of fused-ring (bicyclic) bond motifs is 3. The molecule has 5 rings (SSSR count). The van der Waals surface area contributed by atoms with Crippen LogP contribution in [0.1, 0.15) is 33.7 Å². The van der Waals surface area contributed by atoms with E-state index < -0.39 is 5.91 Å². The van der Waals surface area contributed by atoms with Crippen molar-refractivity contribution >= 4 is 29.3 Å². The summed E-state index contributed by atoms with van der Waals surface area (Å²) in [5.41, 5.74) is 1.85. The van der Waals surface area contributed by atoms with Crippen molar-refractivity contribution in [1.82, 2.24) is 20.3 Å². The van der Waals surface area contributed by atoms with E-state index in [4.69, 9.17) is 9.68 Å². The van der Waals surface area contributed by atoms with Crippen LogP contribution in [0.5, 0.6) is 0 Å². The second-order valence-electron chi connectivity index (χ2n) is 8.02. The van der Waals surface area contributed by atoms with Gasteiger partial charge in [-0.1, -0.05) is 6.07 Å². The average Bonchev–Trinajstić information content (AvgIpc) is 3.53. The molecular formula is C23H22N8O3. The molecule has 0 unspecified atom stereocenters. The van der Waals surface area contributed by atoms with E-state index in [1.165, 1.54) is 6.26 Å². The highest BCUT2D eigenvalue weighted by molar-refractivity contribution is 6.10. The van der Waals surface area contributed by atoms with Crippen LogP contribution in [-0.2, 0) is 0 Å². The van der Waals surface area contributed by atoms with Gasteiger partial charge in [0.15, 0.2) is 5.69 Å². The smallest absolute Gasteiger partial charge is 0.274 e. The molecule has 1 atom stereocenters. The summed E-state index contributed by atoms with van der Waals surface area (Å²) in [6.07, 6.45) is 4.81. The molecule has 1 fully saturated rings. The molecule has 0 aliphatic carbocycles. The van der Waals surface area contributed by atoms with E-state index in [9.17, 15) is 9.59 Å². The summed E-state index contributed by atoms with van der Waals surface area (Å²) in [4.78, 5) is 42.7. The number of aromatic nitrogens is 3. The highest BCUT2D eigenvalue weighted by Crippen LogP contribution is 2.35. The first kappa shape index (κ1) is 21.4. The Bertz CT molecular complexity index is 1300. The molecule has 1 aromatic carbocycles. The van der Waals surface area contributed by atoms with Crippen molar-refractivity contribution in [3.05, 3.63) is 48.0 Å². The molecule has 2 aliphatic rings. The molecule has 4 heterocycles. The molecule has 2 amide bonds. The van der Waals surface area contributed by atoms with Crippen LogP contribution in [-0.4, -0.2) is 59.5 Å². The lowest BCUT2D eigenvalue weighted by atomic mass is 10.1. The Hall–Kier alpha value is -4.46. The van der Waals surface area contributed by atoms with Gasteiger partial charge in [-0.3, -0.25) is 9.59 Å². The Balaban J connectivity index is 1.48. The summed E-state index contributed by atoms with van der Waals surface area (Å²) in [7, 11) is 1.75. The van der Waals surface area contributed by atoms with E-state index in [2.05, 4.69) is 30.5 Å². The molecule has 34 heavy (non-hydrogen) atoms. The second-order valence-corrected chi connectivity index (χ2v) is 8.02. The summed E-state index contributed by atoms with van der Waals surface area (Å²) in [6, 6.07) is 9.28. The first-order chi connectivity index (χ1) is 16.6. The normalized spacial score (nSPS) is 16.9. The zero-order chi connectivity index (χ0) is 23.7. The number of anilines is 3. The van der Waals surface area contributed by atoms with Gasteiger partial charge in [0.2, 0.25) is 11.8 Å². The van der Waals surface area contributed by atoms with Crippen molar-refractivity contribution < 1.29 is 14.0 Å². The van der Waals surface area contributed by atoms with Gasteiger partial charge in [-0.25, -0.2) is 9.97 Å². The molecule has 172 valence electrons. The van der Waals surface area contributed by atoms with Gasteiger partial charge in [-0.05, 0) is 31.0 Å². The van der Waals surface area contributed by atoms with Crippen LogP contribution in [0.2, 0.25) is 0 Å². The van der Waals surface area contributed by atoms with E-state index in [-0.39, 0.29) is 30.1 Å². The van der Waals surface area contributed by atoms with E-state index >= 15 is 0 Å². The maximum absolute atomic E-state index is 13.6. The third-order valence-corrected chi connectivity index (χ3v) is 5.98. The monoisotopic (exact) mass is 458 g/mol. The lowest BCUT2D eigenvalue weighted by Crippen LogP contribution is -2.39. The molecular weight excluding hydrogens is 436 g/mol. The summed E-state index contributed by atoms with van der Waals surface area (Å²) >= 11 is 0. The average molecular weight is 458 g/mol. The van der Waals surface area contributed by atoms with E-state index in [0.717, 1.165) is 19.4 Å². The van der Waals surface area contributed by atoms with E-state index in [1.54, 1.807) is 24.2 Å². The Kier molecular flexibility index (Phi) is 5.55. The zero-order valence-corrected chi connectivity index (χ0v) is 18.5. The van der Waals surface area contributed by atoms with Crippen LogP contribution in [0.3, 0.4) is 0 Å². The molecule has 1 saturated heterocycles. The van der Waals surface area contributed by atoms with E-state index in [1.807, 2.05) is 24.3 Å². The molecule has 0 radical (unpaired) electrons. The van der Waals surface area contributed by atoms with E-state index in [0.29, 0.717) is 35.1 Å². The number of oxazole rings is 1. The number of hydrogen-bond acceptors (Lipinski definition) is 9. The summed E-state index contributed by atoms with van der Waals surface area (Å²) in [5, 5.41) is 14.0. The number of nitriles is 1. The van der Waals surface area contributed by atoms with Gasteiger partial charge in [0.25, 0.3) is 11.8 Å². The molecule has 11 heteroatoms. The van der Waals surface area contributed by atoms with Gasteiger partial charge in [-0.15, -0.1) is 0 Å². The van der Waals surface area contributed by atoms with Crippen LogP contribution in [0.15, 0.2) is 41.1 Å². The molecule has 3 aromatic rings. The minimum absolute atomic E-state index is 0.0783. The molecule has 0 saturated carbocycles. The van der Waals surface area contributed by atoms with Gasteiger partial charge in [0.05, 0.1) is 6.07 Å². The Morgan fingerprint density at radius 1 is 1.35 bits per heavy atom. The largest absolute Gasteiger partial charge is 0.444 e. The molecule has 11 nitrogen and oxygen atoms in total. The number of nitrogens with zero attached hydrogens (tertiary/aromatic N) is 6. The minimum atomic E-state index is -0.491. The lowest BCUT2D eigenvalue weighted by Gasteiger charge is -2.27. The van der Waals surface area contributed by atoms with Crippen LogP contribution in [0.4, 0.5) is 17.5 Å². The first-order valence-electron chi connectivity index (χ1n) is 10.9. The van der Waals surface area contributed by atoms with Crippen LogP contribution < -0.4 is 20.4 Å². The lowest BCUT2D eigenvalue weighted by molar-refractivity contribution is 0.0952. The van der Waals surface area contributed by atoms with Crippen LogP contribution in [0.25, 0.3) is 11.5 Å². The number of amides is 2. The molecule has 2 aromatic heterocycles. The van der Waals surface area contributed by atoms with Crippen molar-refractivity contribution in [3.8, 4) is 17.5 Å². The fourth-order valence-corrected chi connectivity index (χ4v) is 4.36. The molecule has 0 spiro atoms. The van der Waals surface area contributed by atoms with Gasteiger partial charge in [-0.2, -0.15) is 10.2 Å². The van der Waals surface area contributed by atoms with Crippen molar-refractivity contribution in [1.29, 1.82) is 5.26 Å². The zero-order valence-electron chi connectivity index (χ0n) is 18.5. The number of hydrogen-bond donors (Lipinski definition) is 2. The first-order valence-corrected chi connectivity index (χ1v) is 10.9. The fraction of sp³-hybridized carbons (Fsp3) is 0.304. The predicted molar refractivity (Wildman–Crippen MR) is 124 cm³/mol. The van der Waals surface area contributed by atoms with Gasteiger partial charge in [0.1, 0.15) is 24.2 Å². The van der Waals surface area contributed by atoms with Crippen molar-refractivity contribution in [2.45, 2.75) is 18.9 Å². The standard InChI is InChI=1S/C23H22N8O3/c1-25-23-27-11-17-19(29-23)30-9-3-6-16(30)12-31(22(17)33)15-5-2-4-14(10-15)21-28-18(13-34-21)20(32)26-8-7-24/h2,4-5,10-11,13,16H,3,6,8-9,12H2,1H3,(H,26,32)(H,25,27,29)/t16-/m0/s1. The minimum Gasteiger partial charge on any atom is -0.444 e. The Labute approximate surface area is 195 Å². The highest BCUT2D eigenvalue weighted by Gasteiger charge is 2.37. The van der Waals surface area contributed by atoms with Gasteiger partial charge in [0, 0.05) is 43.6 Å². The Morgan fingerprint density at radius 2 is 2.24 bits per heavy atom. The van der Waals surface area contributed by atoms with Crippen molar-refractivity contribution in [3.63, 3.8) is 0 Å². The summed E-state index contributed by atoms with van der Waals surface area (Å²) in [6.45, 7) is 1.24. The number of carbonyl (C=O) groups is 2. The van der Waals surface area contributed by atoms with Gasteiger partial charge >= 0.3 is 0 Å². The second kappa shape index (κ2) is 8.82. The maximum atomic E-state index is 13.6. The van der Waals surface area contributed by atoms with Crippen LogP contribution in [0, 0.1) is 11.3 Å². The number of carbonyl (C=O) groups excluding carboxylic acids is 2. The molecule has 2 N–H and O–H groups in total. The maximum Gasteiger partial charge on any atom is 0.274 e. The predicted octanol–water partition coefficient (Wildman–Crippen LogP) is 2.06. The SMILES string of the molecule is CNc1ncc2c(n1)N1CCC[C@H]1CN(c1cccc(-c3nc(C(=O)NCC#N)co3)c1)C2=O. The van der Waals surface area contributed by atoms with Crippen molar-refractivity contribution in [2.75, 3.05) is 41.8 Å². The molecule has 0 bridgehead atoms. The van der Waals surface area contributed by atoms with Crippen LogP contribution >= 0.6 is 0 Å². The summed E-state index contributed by atoms with van der Waals surface area (Å²) < 4.78 is 5.50. The topological polar surface area (TPSA) is 140 Å². The fourth-order valence-electron chi connectivity index (χ4n) is 4.36. The Morgan fingerprint density at radius 3 is 3.06 bits per heavy atom. The van der Waals surface area contributed by atoms with Gasteiger partial charge < -0.3 is 24.9 Å². The quantitative estimate of drug-likeness (QED) is 0.550. The summed E-state index contributed by atoms with van der Waals surface area (Å²) in [5.74, 6) is 0.718. The third kappa shape index (κ3) is 3.79. The number of benzene rings is 1. The highest BCUT2D eigenvalue weighted by atomic mass is 16.3. The number of nitrogens with one attached hydrogen (secondary N) is 2. The molecule has 2 aliphatic heterocycles. The number of rotatable bonds is 5. The third-order valence-electron chi connectivity index (χ3n) is 5.98.